The summed E-state index contributed by atoms with van der Waals surface area (Å²) in [5.74, 6) is -1.77. The molecule has 0 aromatic heterocycles. The van der Waals surface area contributed by atoms with Crippen molar-refractivity contribution >= 4 is 22.6 Å². The number of phenols is 1. The Kier molecular flexibility index (Phi) is 11.6. The first kappa shape index (κ1) is 25.7. The van der Waals surface area contributed by atoms with Crippen LogP contribution in [0.25, 0.3) is 10.8 Å². The van der Waals surface area contributed by atoms with E-state index in [4.69, 9.17) is 4.84 Å². The highest BCUT2D eigenvalue weighted by molar-refractivity contribution is 5.99. The number of carbonyl (C=O) groups excluding carboxylic acids is 1. The number of fused-ring (bicyclic) bond motifs is 1. The summed E-state index contributed by atoms with van der Waals surface area (Å²) in [5.41, 5.74) is 2.76. The van der Waals surface area contributed by atoms with Gasteiger partial charge in [-0.3, -0.25) is 9.63 Å². The normalized spacial score (nSPS) is 11.0. The number of nitrogens with one attached hydrogen (secondary N) is 1. The van der Waals surface area contributed by atoms with Gasteiger partial charge in [-0.25, -0.2) is 10.3 Å². The lowest BCUT2D eigenvalue weighted by molar-refractivity contribution is -0.133. The monoisotopic (exact) mass is 443 g/mol. The fraction of sp³-hybridized carbons (Fsp3) is 0.538. The third kappa shape index (κ3) is 8.50. The summed E-state index contributed by atoms with van der Waals surface area (Å²) < 4.78 is 0. The lowest BCUT2D eigenvalue weighted by atomic mass is 9.96. The van der Waals surface area contributed by atoms with Gasteiger partial charge in [0.15, 0.2) is 0 Å². The summed E-state index contributed by atoms with van der Waals surface area (Å²) in [7, 11) is 0. The fourth-order valence-corrected chi connectivity index (χ4v) is 3.91. The lowest BCUT2D eigenvalue weighted by Gasteiger charge is -2.12. The Labute approximate surface area is 190 Å². The molecule has 32 heavy (non-hydrogen) atoms. The summed E-state index contributed by atoms with van der Waals surface area (Å²) in [6, 6.07) is 8.69. The number of benzene rings is 2. The molecule has 2 rings (SSSR count). The topological polar surface area (TPSA) is 95.9 Å². The molecule has 0 bridgehead atoms. The first-order chi connectivity index (χ1) is 15.5. The molecule has 6 heteroatoms. The van der Waals surface area contributed by atoms with Gasteiger partial charge in [0.1, 0.15) is 11.3 Å². The Morgan fingerprint density at radius 3 is 2.22 bits per heavy atom. The third-order valence-electron chi connectivity index (χ3n) is 5.75. The third-order valence-corrected chi connectivity index (χ3v) is 5.75. The van der Waals surface area contributed by atoms with Crippen LogP contribution in [0, 0.1) is 0 Å². The number of aromatic carboxylic acids is 1. The molecule has 0 unspecified atom stereocenters. The number of rotatable bonds is 16. The van der Waals surface area contributed by atoms with Crippen LogP contribution in [-0.2, 0) is 16.1 Å². The SMILES string of the molecule is CCCCCCCCCCCCONC(=O)CCc1c(O)c(C(=O)O)cc2ccccc12. The number of hydrogen-bond acceptors (Lipinski definition) is 4. The maximum Gasteiger partial charge on any atom is 0.339 e. The van der Waals surface area contributed by atoms with E-state index >= 15 is 0 Å². The van der Waals surface area contributed by atoms with Crippen molar-refractivity contribution in [3.05, 3.63) is 41.5 Å². The van der Waals surface area contributed by atoms with Crippen LogP contribution in [0.3, 0.4) is 0 Å². The minimum absolute atomic E-state index is 0.0959. The zero-order valence-electron chi connectivity index (χ0n) is 19.2. The molecule has 0 atom stereocenters. The molecular formula is C26H37NO5. The maximum atomic E-state index is 12.1. The fourth-order valence-electron chi connectivity index (χ4n) is 3.91. The molecule has 2 aromatic rings. The van der Waals surface area contributed by atoms with Crippen LogP contribution in [0.5, 0.6) is 5.75 Å². The summed E-state index contributed by atoms with van der Waals surface area (Å²) >= 11 is 0. The summed E-state index contributed by atoms with van der Waals surface area (Å²) in [4.78, 5) is 28.8. The highest BCUT2D eigenvalue weighted by atomic mass is 16.6. The van der Waals surface area contributed by atoms with Crippen LogP contribution < -0.4 is 5.48 Å². The summed E-state index contributed by atoms with van der Waals surface area (Å²) in [6.45, 7) is 2.71. The van der Waals surface area contributed by atoms with Crippen molar-refractivity contribution in [3.8, 4) is 5.75 Å². The highest BCUT2D eigenvalue weighted by Crippen LogP contribution is 2.32. The van der Waals surface area contributed by atoms with E-state index in [1.807, 2.05) is 18.2 Å². The van der Waals surface area contributed by atoms with Gasteiger partial charge in [0.25, 0.3) is 0 Å². The number of aromatic hydroxyl groups is 1. The van der Waals surface area contributed by atoms with E-state index in [1.54, 1.807) is 6.07 Å². The zero-order chi connectivity index (χ0) is 23.2. The van der Waals surface area contributed by atoms with Crippen LogP contribution in [0.2, 0.25) is 0 Å². The van der Waals surface area contributed by atoms with Crippen molar-refractivity contribution in [1.29, 1.82) is 0 Å². The number of aryl methyl sites for hydroxylation is 1. The predicted octanol–water partition coefficient (Wildman–Crippen LogP) is 6.14. The maximum absolute atomic E-state index is 12.1. The first-order valence-electron chi connectivity index (χ1n) is 11.9. The number of amides is 1. The molecule has 176 valence electrons. The van der Waals surface area contributed by atoms with Gasteiger partial charge in [-0.05, 0) is 29.7 Å². The van der Waals surface area contributed by atoms with E-state index in [2.05, 4.69) is 12.4 Å². The molecule has 0 aliphatic carbocycles. The molecular weight excluding hydrogens is 406 g/mol. The van der Waals surface area contributed by atoms with Crippen molar-refractivity contribution in [1.82, 2.24) is 5.48 Å². The molecule has 0 fully saturated rings. The average Bonchev–Trinajstić information content (AvgIpc) is 2.78. The Morgan fingerprint density at radius 1 is 0.938 bits per heavy atom. The number of carboxylic acids is 1. The second-order valence-electron chi connectivity index (χ2n) is 8.33. The quantitative estimate of drug-likeness (QED) is 0.214. The molecule has 0 aliphatic heterocycles. The van der Waals surface area contributed by atoms with Crippen LogP contribution >= 0.6 is 0 Å². The molecule has 0 spiro atoms. The standard InChI is InChI=1S/C26H37NO5/c1-2-3-4-5-6-7-8-9-10-13-18-32-27-24(28)17-16-22-21-15-12-11-14-20(21)19-23(25(22)29)26(30)31/h11-12,14-15,19,29H,2-10,13,16-18H2,1H3,(H,27,28)(H,30,31). The predicted molar refractivity (Wildman–Crippen MR) is 127 cm³/mol. The average molecular weight is 444 g/mol. The Balaban J connectivity index is 1.66. The van der Waals surface area contributed by atoms with Crippen molar-refractivity contribution in [2.24, 2.45) is 0 Å². The minimum atomic E-state index is -1.20. The number of unbranched alkanes of at least 4 members (excludes halogenated alkanes) is 9. The van der Waals surface area contributed by atoms with E-state index in [0.717, 1.165) is 23.6 Å². The van der Waals surface area contributed by atoms with Gasteiger partial charge in [0.05, 0.1) is 6.61 Å². The summed E-state index contributed by atoms with van der Waals surface area (Å²) in [6.07, 6.45) is 12.7. The van der Waals surface area contributed by atoms with Gasteiger partial charge in [-0.2, -0.15) is 0 Å². The minimum Gasteiger partial charge on any atom is -0.507 e. The van der Waals surface area contributed by atoms with Crippen LogP contribution in [0.4, 0.5) is 0 Å². The van der Waals surface area contributed by atoms with Crippen molar-refractivity contribution in [2.75, 3.05) is 6.61 Å². The molecule has 0 aliphatic rings. The van der Waals surface area contributed by atoms with E-state index in [-0.39, 0.29) is 30.1 Å². The Bertz CT molecular complexity index is 865. The zero-order valence-corrected chi connectivity index (χ0v) is 19.2. The number of hydrogen-bond donors (Lipinski definition) is 3. The van der Waals surface area contributed by atoms with Gasteiger partial charge in [0, 0.05) is 12.0 Å². The van der Waals surface area contributed by atoms with Gasteiger partial charge < -0.3 is 10.2 Å². The van der Waals surface area contributed by atoms with Crippen molar-refractivity contribution < 1.29 is 24.6 Å². The number of carbonyl (C=O) groups is 2. The van der Waals surface area contributed by atoms with Gasteiger partial charge >= 0.3 is 5.97 Å². The van der Waals surface area contributed by atoms with Crippen molar-refractivity contribution in [3.63, 3.8) is 0 Å². The highest BCUT2D eigenvalue weighted by Gasteiger charge is 2.18. The second kappa shape index (κ2) is 14.5. The van der Waals surface area contributed by atoms with Gasteiger partial charge in [0.2, 0.25) is 5.91 Å². The van der Waals surface area contributed by atoms with E-state index in [0.29, 0.717) is 12.2 Å². The van der Waals surface area contributed by atoms with E-state index in [1.165, 1.54) is 57.4 Å². The molecule has 0 saturated heterocycles. The Hall–Kier alpha value is -2.60. The number of carboxylic acid groups (broad SMARTS) is 1. The molecule has 1 amide bonds. The Morgan fingerprint density at radius 2 is 1.56 bits per heavy atom. The molecule has 3 N–H and O–H groups in total. The lowest BCUT2D eigenvalue weighted by Crippen LogP contribution is -2.24. The molecule has 2 aromatic carbocycles. The van der Waals surface area contributed by atoms with E-state index < -0.39 is 5.97 Å². The second-order valence-corrected chi connectivity index (χ2v) is 8.33. The molecule has 0 radical (unpaired) electrons. The first-order valence-corrected chi connectivity index (χ1v) is 11.9. The molecule has 6 nitrogen and oxygen atoms in total. The molecule has 0 heterocycles. The van der Waals surface area contributed by atoms with Gasteiger partial charge in [-0.1, -0.05) is 89.0 Å². The summed E-state index contributed by atoms with van der Waals surface area (Å²) in [5, 5.41) is 21.2. The van der Waals surface area contributed by atoms with Gasteiger partial charge in [-0.15, -0.1) is 0 Å². The van der Waals surface area contributed by atoms with Crippen LogP contribution in [-0.4, -0.2) is 28.7 Å². The van der Waals surface area contributed by atoms with Crippen LogP contribution in [0.1, 0.15) is 93.5 Å². The van der Waals surface area contributed by atoms with E-state index in [9.17, 15) is 19.8 Å². The van der Waals surface area contributed by atoms with Crippen LogP contribution in [0.15, 0.2) is 30.3 Å². The largest absolute Gasteiger partial charge is 0.507 e. The molecule has 0 saturated carbocycles. The number of hydroxylamine groups is 1. The van der Waals surface area contributed by atoms with Crippen molar-refractivity contribution in [2.45, 2.75) is 84.0 Å². The smallest absolute Gasteiger partial charge is 0.339 e.